The van der Waals surface area contributed by atoms with Crippen LogP contribution in [0.15, 0.2) is 41.0 Å². The lowest BCUT2D eigenvalue weighted by Gasteiger charge is -2.11. The van der Waals surface area contributed by atoms with E-state index in [9.17, 15) is 9.18 Å². The zero-order chi connectivity index (χ0) is 23.7. The summed E-state index contributed by atoms with van der Waals surface area (Å²) in [6.45, 7) is 5.47. The van der Waals surface area contributed by atoms with Crippen molar-refractivity contribution in [3.63, 3.8) is 0 Å². The van der Waals surface area contributed by atoms with E-state index in [-0.39, 0.29) is 18.4 Å². The van der Waals surface area contributed by atoms with Crippen molar-refractivity contribution in [3.8, 4) is 11.1 Å². The van der Waals surface area contributed by atoms with E-state index in [1.165, 1.54) is 6.07 Å². The summed E-state index contributed by atoms with van der Waals surface area (Å²) in [4.78, 5) is 24.7. The third-order valence-electron chi connectivity index (χ3n) is 5.68. The Balaban J connectivity index is 1.35. The van der Waals surface area contributed by atoms with Gasteiger partial charge in [0.25, 0.3) is 0 Å². The summed E-state index contributed by atoms with van der Waals surface area (Å²) in [6, 6.07) is 6.72. The van der Waals surface area contributed by atoms with Crippen LogP contribution < -0.4 is 10.6 Å². The molecule has 3 aromatic heterocycles. The van der Waals surface area contributed by atoms with Crippen LogP contribution in [0.25, 0.3) is 27.9 Å². The second kappa shape index (κ2) is 9.14. The SMILES string of the molecule is CC(C)c1nnc(C(=O)NCc2ccc(-c3ccnc4[nH]c(C5=CCNCC5)nc34)cc2F)o1. The second-order valence-electron chi connectivity index (χ2n) is 8.41. The molecule has 3 N–H and O–H groups in total. The van der Waals surface area contributed by atoms with Gasteiger partial charge in [0.15, 0.2) is 5.65 Å². The Morgan fingerprint density at radius 1 is 1.26 bits per heavy atom. The van der Waals surface area contributed by atoms with Gasteiger partial charge in [-0.15, -0.1) is 10.2 Å². The van der Waals surface area contributed by atoms with Crippen molar-refractivity contribution in [2.45, 2.75) is 32.7 Å². The summed E-state index contributed by atoms with van der Waals surface area (Å²) >= 11 is 0. The van der Waals surface area contributed by atoms with Crippen LogP contribution in [0.2, 0.25) is 0 Å². The van der Waals surface area contributed by atoms with Gasteiger partial charge in [0.2, 0.25) is 5.89 Å². The van der Waals surface area contributed by atoms with E-state index in [4.69, 9.17) is 9.40 Å². The first-order valence-corrected chi connectivity index (χ1v) is 11.1. The summed E-state index contributed by atoms with van der Waals surface area (Å²) in [6.07, 6.45) is 4.67. The van der Waals surface area contributed by atoms with Crippen LogP contribution in [-0.2, 0) is 6.54 Å². The molecule has 0 aliphatic carbocycles. The number of imidazole rings is 1. The first kappa shape index (κ1) is 21.9. The lowest BCUT2D eigenvalue weighted by atomic mass is 10.0. The molecule has 4 aromatic rings. The van der Waals surface area contributed by atoms with Crippen molar-refractivity contribution in [1.29, 1.82) is 0 Å². The van der Waals surface area contributed by atoms with E-state index < -0.39 is 11.7 Å². The highest BCUT2D eigenvalue weighted by Crippen LogP contribution is 2.29. The minimum Gasteiger partial charge on any atom is -0.417 e. The molecule has 0 fully saturated rings. The highest BCUT2D eigenvalue weighted by atomic mass is 19.1. The molecule has 10 heteroatoms. The maximum Gasteiger partial charge on any atom is 0.309 e. The number of aromatic amines is 1. The lowest BCUT2D eigenvalue weighted by molar-refractivity contribution is 0.0913. The quantitative estimate of drug-likeness (QED) is 0.401. The molecule has 0 saturated heterocycles. The fourth-order valence-electron chi connectivity index (χ4n) is 3.80. The second-order valence-corrected chi connectivity index (χ2v) is 8.41. The predicted molar refractivity (Wildman–Crippen MR) is 124 cm³/mol. The van der Waals surface area contributed by atoms with Crippen molar-refractivity contribution in [2.75, 3.05) is 13.1 Å². The predicted octanol–water partition coefficient (Wildman–Crippen LogP) is 3.58. The van der Waals surface area contributed by atoms with Crippen LogP contribution >= 0.6 is 0 Å². The monoisotopic (exact) mass is 461 g/mol. The van der Waals surface area contributed by atoms with Gasteiger partial charge in [-0.1, -0.05) is 32.1 Å². The Morgan fingerprint density at radius 3 is 2.88 bits per heavy atom. The van der Waals surface area contributed by atoms with E-state index in [0.29, 0.717) is 28.2 Å². The number of nitrogens with one attached hydrogen (secondary N) is 3. The Hall–Kier alpha value is -3.92. The van der Waals surface area contributed by atoms with Gasteiger partial charge in [-0.25, -0.2) is 14.4 Å². The molecule has 9 nitrogen and oxygen atoms in total. The van der Waals surface area contributed by atoms with Crippen molar-refractivity contribution in [1.82, 2.24) is 35.8 Å². The van der Waals surface area contributed by atoms with E-state index in [2.05, 4.69) is 36.9 Å². The summed E-state index contributed by atoms with van der Waals surface area (Å²) in [5.41, 5.74) is 4.29. The number of nitrogens with zero attached hydrogens (tertiary/aromatic N) is 4. The van der Waals surface area contributed by atoms with E-state index in [0.717, 1.165) is 36.5 Å². The molecular formula is C24H24FN7O2. The largest absolute Gasteiger partial charge is 0.417 e. The molecule has 1 aliphatic rings. The summed E-state index contributed by atoms with van der Waals surface area (Å²) in [5.74, 6) is 0.0574. The Labute approximate surface area is 194 Å². The van der Waals surface area contributed by atoms with Crippen molar-refractivity contribution >= 4 is 22.6 Å². The average molecular weight is 462 g/mol. The molecule has 34 heavy (non-hydrogen) atoms. The van der Waals surface area contributed by atoms with Gasteiger partial charge in [-0.3, -0.25) is 4.79 Å². The van der Waals surface area contributed by atoms with Crippen LogP contribution in [0.3, 0.4) is 0 Å². The van der Waals surface area contributed by atoms with Gasteiger partial charge >= 0.3 is 11.8 Å². The molecule has 1 aliphatic heterocycles. The van der Waals surface area contributed by atoms with Crippen LogP contribution in [0.1, 0.15) is 54.2 Å². The number of amides is 1. The minimum absolute atomic E-state index is 0.00909. The fraction of sp³-hybridized carbons (Fsp3) is 0.292. The minimum atomic E-state index is -0.546. The number of fused-ring (bicyclic) bond motifs is 1. The summed E-state index contributed by atoms with van der Waals surface area (Å²) in [7, 11) is 0. The number of pyridine rings is 1. The zero-order valence-corrected chi connectivity index (χ0v) is 18.9. The Bertz CT molecular complexity index is 1390. The van der Waals surface area contributed by atoms with Crippen LogP contribution in [0.4, 0.5) is 4.39 Å². The average Bonchev–Trinajstić information content (AvgIpc) is 3.51. The number of carbonyl (C=O) groups excluding carboxylic acids is 1. The molecular weight excluding hydrogens is 437 g/mol. The summed E-state index contributed by atoms with van der Waals surface area (Å²) in [5, 5.41) is 13.5. The van der Waals surface area contributed by atoms with Crippen molar-refractivity contribution in [3.05, 3.63) is 65.5 Å². The number of H-pyrrole nitrogens is 1. The number of hydrogen-bond acceptors (Lipinski definition) is 7. The van der Waals surface area contributed by atoms with Gasteiger partial charge < -0.3 is 20.0 Å². The molecule has 0 unspecified atom stereocenters. The standard InChI is InChI=1S/C24H24FN7O2/c1-13(2)23-31-32-24(34-23)22(33)28-12-16-4-3-15(11-18(16)25)17-7-10-27-21-19(17)29-20(30-21)14-5-8-26-9-6-14/h3-5,7,10-11,13,26H,6,8-9,12H2,1-2H3,(H,28,33)(H,27,29,30). The van der Waals surface area contributed by atoms with Crippen molar-refractivity contribution < 1.29 is 13.6 Å². The first-order valence-electron chi connectivity index (χ1n) is 11.1. The smallest absolute Gasteiger partial charge is 0.309 e. The zero-order valence-electron chi connectivity index (χ0n) is 18.9. The number of aromatic nitrogens is 5. The van der Waals surface area contributed by atoms with Gasteiger partial charge in [0.1, 0.15) is 17.2 Å². The van der Waals surface area contributed by atoms with Crippen LogP contribution in [0.5, 0.6) is 0 Å². The molecule has 4 heterocycles. The first-order chi connectivity index (χ1) is 16.5. The molecule has 0 spiro atoms. The normalized spacial score (nSPS) is 13.9. The molecule has 174 valence electrons. The Morgan fingerprint density at radius 2 is 2.15 bits per heavy atom. The van der Waals surface area contributed by atoms with Crippen molar-refractivity contribution in [2.24, 2.45) is 0 Å². The van der Waals surface area contributed by atoms with Gasteiger partial charge in [0.05, 0.1) is 0 Å². The number of hydrogen-bond donors (Lipinski definition) is 3. The molecule has 0 atom stereocenters. The summed E-state index contributed by atoms with van der Waals surface area (Å²) < 4.78 is 20.3. The maximum absolute atomic E-state index is 14.9. The van der Waals surface area contributed by atoms with E-state index in [1.54, 1.807) is 18.3 Å². The van der Waals surface area contributed by atoms with E-state index in [1.807, 2.05) is 19.9 Å². The number of halogens is 1. The molecule has 0 saturated carbocycles. The molecule has 5 rings (SSSR count). The van der Waals surface area contributed by atoms with Crippen LogP contribution in [0, 0.1) is 5.82 Å². The molecule has 1 amide bonds. The third kappa shape index (κ3) is 4.32. The molecule has 1 aromatic carbocycles. The lowest BCUT2D eigenvalue weighted by Crippen LogP contribution is -2.23. The fourth-order valence-corrected chi connectivity index (χ4v) is 3.80. The van der Waals surface area contributed by atoms with Gasteiger partial charge in [0, 0.05) is 36.3 Å². The molecule has 0 bridgehead atoms. The van der Waals surface area contributed by atoms with Gasteiger partial charge in [-0.05, 0) is 36.2 Å². The topological polar surface area (TPSA) is 122 Å². The third-order valence-corrected chi connectivity index (χ3v) is 5.68. The highest BCUT2D eigenvalue weighted by Gasteiger charge is 2.18. The molecule has 0 radical (unpaired) electrons. The number of benzene rings is 1. The number of carbonyl (C=O) groups is 1. The van der Waals surface area contributed by atoms with Crippen LogP contribution in [-0.4, -0.2) is 44.1 Å². The van der Waals surface area contributed by atoms with Gasteiger partial charge in [-0.2, -0.15) is 0 Å². The van der Waals surface area contributed by atoms with E-state index >= 15 is 0 Å². The maximum atomic E-state index is 14.9. The highest BCUT2D eigenvalue weighted by molar-refractivity contribution is 5.91. The number of rotatable bonds is 6. The Kier molecular flexibility index (Phi) is 5.89.